The molecular formula is C12H12N4O2S. The van der Waals surface area contributed by atoms with E-state index in [0.29, 0.717) is 16.1 Å². The topological polar surface area (TPSA) is 80.9 Å². The van der Waals surface area contributed by atoms with Crippen LogP contribution < -0.4 is 0 Å². The molecule has 0 atom stereocenters. The van der Waals surface area contributed by atoms with Crippen LogP contribution in [0.15, 0.2) is 28.3 Å². The number of benzene rings is 1. The molecule has 3 rings (SSSR count). The number of carboxylic acids is 1. The molecule has 1 saturated carbocycles. The third-order valence-corrected chi connectivity index (χ3v) is 3.93. The summed E-state index contributed by atoms with van der Waals surface area (Å²) >= 11 is 1.30. The van der Waals surface area contributed by atoms with Crippen molar-refractivity contribution in [3.8, 4) is 0 Å². The number of hydrogen-bond donors (Lipinski definition) is 1. The molecule has 0 unspecified atom stereocenters. The minimum atomic E-state index is -0.937. The van der Waals surface area contributed by atoms with E-state index in [4.69, 9.17) is 0 Å². The third-order valence-electron chi connectivity index (χ3n) is 2.92. The predicted molar refractivity (Wildman–Crippen MR) is 68.3 cm³/mol. The van der Waals surface area contributed by atoms with E-state index in [-0.39, 0.29) is 5.56 Å². The highest BCUT2D eigenvalue weighted by atomic mass is 32.2. The van der Waals surface area contributed by atoms with Gasteiger partial charge in [0.2, 0.25) is 5.16 Å². The van der Waals surface area contributed by atoms with Crippen LogP contribution in [0.25, 0.3) is 0 Å². The van der Waals surface area contributed by atoms with Crippen LogP contribution in [0.4, 0.5) is 0 Å². The first-order valence-electron chi connectivity index (χ1n) is 5.95. The van der Waals surface area contributed by atoms with Crippen LogP contribution in [0.3, 0.4) is 0 Å². The highest BCUT2D eigenvalue weighted by Crippen LogP contribution is 2.38. The molecular weight excluding hydrogens is 264 g/mol. The number of aromatic carboxylic acids is 1. The summed E-state index contributed by atoms with van der Waals surface area (Å²) in [5.41, 5.74) is 1.29. The minimum Gasteiger partial charge on any atom is -0.478 e. The maximum Gasteiger partial charge on any atom is 0.336 e. The number of tetrazole rings is 1. The van der Waals surface area contributed by atoms with Crippen LogP contribution in [-0.4, -0.2) is 31.3 Å². The summed E-state index contributed by atoms with van der Waals surface area (Å²) in [6.45, 7) is 1.93. The first-order valence-corrected chi connectivity index (χ1v) is 6.76. The first-order chi connectivity index (χ1) is 9.15. The molecule has 0 aliphatic heterocycles. The van der Waals surface area contributed by atoms with E-state index in [2.05, 4.69) is 15.5 Å². The molecule has 1 N–H and O–H groups in total. The Morgan fingerprint density at radius 3 is 2.95 bits per heavy atom. The molecule has 0 bridgehead atoms. The quantitative estimate of drug-likeness (QED) is 0.921. The van der Waals surface area contributed by atoms with Crippen molar-refractivity contribution in [2.45, 2.75) is 35.9 Å². The number of nitrogens with zero attached hydrogens (tertiary/aromatic N) is 4. The monoisotopic (exact) mass is 276 g/mol. The summed E-state index contributed by atoms with van der Waals surface area (Å²) in [5, 5.41) is 21.5. The normalized spacial score (nSPS) is 14.6. The van der Waals surface area contributed by atoms with Gasteiger partial charge in [-0.3, -0.25) is 0 Å². The zero-order valence-electron chi connectivity index (χ0n) is 10.3. The molecule has 1 fully saturated rings. The summed E-state index contributed by atoms with van der Waals surface area (Å²) in [6.07, 6.45) is 2.16. The van der Waals surface area contributed by atoms with Crippen molar-refractivity contribution >= 4 is 17.7 Å². The highest BCUT2D eigenvalue weighted by molar-refractivity contribution is 7.99. The van der Waals surface area contributed by atoms with Crippen molar-refractivity contribution in [1.29, 1.82) is 0 Å². The van der Waals surface area contributed by atoms with Gasteiger partial charge >= 0.3 is 5.97 Å². The molecule has 0 spiro atoms. The molecule has 1 aromatic heterocycles. The van der Waals surface area contributed by atoms with E-state index in [1.807, 2.05) is 13.0 Å². The summed E-state index contributed by atoms with van der Waals surface area (Å²) in [6, 6.07) is 5.62. The lowest BCUT2D eigenvalue weighted by molar-refractivity contribution is 0.0693. The van der Waals surface area contributed by atoms with E-state index in [1.165, 1.54) is 11.8 Å². The zero-order valence-corrected chi connectivity index (χ0v) is 11.1. The molecule has 0 saturated heterocycles. The Bertz CT molecular complexity index is 636. The van der Waals surface area contributed by atoms with Gasteiger partial charge in [0.05, 0.1) is 11.6 Å². The minimum absolute atomic E-state index is 0.279. The van der Waals surface area contributed by atoms with Gasteiger partial charge in [-0.05, 0) is 59.7 Å². The molecule has 0 radical (unpaired) electrons. The smallest absolute Gasteiger partial charge is 0.336 e. The summed E-state index contributed by atoms with van der Waals surface area (Å²) < 4.78 is 1.78. The number of hydrogen-bond acceptors (Lipinski definition) is 5. The highest BCUT2D eigenvalue weighted by Gasteiger charge is 2.28. The lowest BCUT2D eigenvalue weighted by Gasteiger charge is -2.06. The average molecular weight is 276 g/mol. The Labute approximate surface area is 113 Å². The van der Waals surface area contributed by atoms with Crippen molar-refractivity contribution in [3.63, 3.8) is 0 Å². The Morgan fingerprint density at radius 2 is 2.26 bits per heavy atom. The van der Waals surface area contributed by atoms with Crippen LogP contribution in [0.1, 0.15) is 34.8 Å². The maximum atomic E-state index is 11.2. The predicted octanol–water partition coefficient (Wildman–Crippen LogP) is 2.17. The molecule has 1 aliphatic rings. The molecule has 19 heavy (non-hydrogen) atoms. The molecule has 1 aromatic carbocycles. The lowest BCUT2D eigenvalue weighted by atomic mass is 10.1. The van der Waals surface area contributed by atoms with Crippen molar-refractivity contribution < 1.29 is 9.90 Å². The second-order valence-electron chi connectivity index (χ2n) is 4.54. The van der Waals surface area contributed by atoms with Gasteiger partial charge in [0, 0.05) is 4.90 Å². The Balaban J connectivity index is 1.95. The second-order valence-corrected chi connectivity index (χ2v) is 5.55. The van der Waals surface area contributed by atoms with E-state index in [9.17, 15) is 9.90 Å². The summed E-state index contributed by atoms with van der Waals surface area (Å²) in [4.78, 5) is 11.9. The van der Waals surface area contributed by atoms with Crippen molar-refractivity contribution in [2.75, 3.05) is 0 Å². The fraction of sp³-hybridized carbons (Fsp3) is 0.333. The molecule has 1 aliphatic carbocycles. The van der Waals surface area contributed by atoms with E-state index in [0.717, 1.165) is 18.4 Å². The second kappa shape index (κ2) is 4.65. The van der Waals surface area contributed by atoms with Crippen LogP contribution in [-0.2, 0) is 0 Å². The van der Waals surface area contributed by atoms with Gasteiger partial charge in [-0.25, -0.2) is 9.48 Å². The molecule has 98 valence electrons. The van der Waals surface area contributed by atoms with Gasteiger partial charge in [0.25, 0.3) is 0 Å². The maximum absolute atomic E-state index is 11.2. The van der Waals surface area contributed by atoms with E-state index < -0.39 is 5.97 Å². The average Bonchev–Trinajstić information content (AvgIpc) is 3.10. The van der Waals surface area contributed by atoms with Gasteiger partial charge in [0.1, 0.15) is 0 Å². The zero-order chi connectivity index (χ0) is 13.4. The third kappa shape index (κ3) is 2.46. The Kier molecular flexibility index (Phi) is 2.98. The van der Waals surface area contributed by atoms with Crippen LogP contribution in [0.5, 0.6) is 0 Å². The van der Waals surface area contributed by atoms with Crippen molar-refractivity contribution in [1.82, 2.24) is 20.2 Å². The largest absolute Gasteiger partial charge is 0.478 e. The van der Waals surface area contributed by atoms with Gasteiger partial charge in [-0.2, -0.15) is 0 Å². The summed E-state index contributed by atoms with van der Waals surface area (Å²) in [7, 11) is 0. The molecule has 6 nitrogen and oxygen atoms in total. The van der Waals surface area contributed by atoms with Crippen LogP contribution in [0.2, 0.25) is 0 Å². The summed E-state index contributed by atoms with van der Waals surface area (Å²) in [5.74, 6) is -0.937. The number of aryl methyl sites for hydroxylation is 1. The fourth-order valence-corrected chi connectivity index (χ4v) is 2.85. The number of aromatic nitrogens is 4. The van der Waals surface area contributed by atoms with Gasteiger partial charge in [-0.15, -0.1) is 5.10 Å². The fourth-order valence-electron chi connectivity index (χ4n) is 1.79. The molecule has 7 heteroatoms. The Morgan fingerprint density at radius 1 is 1.47 bits per heavy atom. The van der Waals surface area contributed by atoms with E-state index >= 15 is 0 Å². The van der Waals surface area contributed by atoms with Gasteiger partial charge in [0.15, 0.2) is 0 Å². The SMILES string of the molecule is Cc1ccc(C(=O)O)c(Sc2nnnn2C2CC2)c1. The molecule has 0 amide bonds. The van der Waals surface area contributed by atoms with Gasteiger partial charge in [-0.1, -0.05) is 6.07 Å². The molecule has 1 heterocycles. The van der Waals surface area contributed by atoms with Crippen LogP contribution in [0, 0.1) is 6.92 Å². The standard InChI is InChI=1S/C12H12N4O2S/c1-7-2-5-9(11(17)18)10(6-7)19-12-13-14-15-16(12)8-3-4-8/h2,5-6,8H,3-4H2,1H3,(H,17,18). The number of carboxylic acid groups (broad SMARTS) is 1. The number of rotatable bonds is 4. The van der Waals surface area contributed by atoms with Crippen molar-refractivity contribution in [3.05, 3.63) is 29.3 Å². The Hall–Kier alpha value is -1.89. The molecule has 2 aromatic rings. The first kappa shape index (κ1) is 12.2. The lowest BCUT2D eigenvalue weighted by Crippen LogP contribution is -2.02. The van der Waals surface area contributed by atoms with Gasteiger partial charge < -0.3 is 5.11 Å². The van der Waals surface area contributed by atoms with E-state index in [1.54, 1.807) is 16.8 Å². The van der Waals surface area contributed by atoms with Crippen LogP contribution >= 0.6 is 11.8 Å². The van der Waals surface area contributed by atoms with Crippen molar-refractivity contribution in [2.24, 2.45) is 0 Å². The number of carbonyl (C=O) groups is 1.